The molecule has 2 aliphatic rings. The van der Waals surface area contributed by atoms with Crippen LogP contribution in [0.15, 0.2) is 0 Å². The SMILES string of the molecule is CCCN(CC1CC1)C(=O)N1CCCC(CCC(=O)O)C1. The molecular weight excluding hydrogens is 268 g/mol. The van der Waals surface area contributed by atoms with Gasteiger partial charge < -0.3 is 14.9 Å². The molecule has 0 radical (unpaired) electrons. The van der Waals surface area contributed by atoms with Gasteiger partial charge in [-0.15, -0.1) is 0 Å². The minimum absolute atomic E-state index is 0.170. The fraction of sp³-hybridized carbons (Fsp3) is 0.875. The fourth-order valence-electron chi connectivity index (χ4n) is 3.15. The van der Waals surface area contributed by atoms with E-state index in [1.54, 1.807) is 0 Å². The van der Waals surface area contributed by atoms with E-state index in [0.29, 0.717) is 18.3 Å². The van der Waals surface area contributed by atoms with E-state index in [1.807, 2.05) is 9.80 Å². The Kier molecular flexibility index (Phi) is 5.88. The molecule has 1 N–H and O–H groups in total. The molecule has 0 aromatic carbocycles. The third kappa shape index (κ3) is 5.21. The van der Waals surface area contributed by atoms with Crippen LogP contribution < -0.4 is 0 Å². The van der Waals surface area contributed by atoms with Gasteiger partial charge in [0.15, 0.2) is 0 Å². The molecule has 0 aromatic rings. The predicted octanol–water partition coefficient (Wildman–Crippen LogP) is 2.81. The predicted molar refractivity (Wildman–Crippen MR) is 81.2 cm³/mol. The quantitative estimate of drug-likeness (QED) is 0.786. The lowest BCUT2D eigenvalue weighted by Gasteiger charge is -2.36. The maximum atomic E-state index is 12.7. The van der Waals surface area contributed by atoms with Crippen LogP contribution in [-0.4, -0.2) is 53.1 Å². The smallest absolute Gasteiger partial charge is 0.320 e. The van der Waals surface area contributed by atoms with Crippen LogP contribution in [0.2, 0.25) is 0 Å². The van der Waals surface area contributed by atoms with Crippen molar-refractivity contribution in [2.75, 3.05) is 26.2 Å². The molecule has 2 rings (SSSR count). The number of carboxylic acids is 1. The van der Waals surface area contributed by atoms with Crippen molar-refractivity contribution in [1.29, 1.82) is 0 Å². The Bertz CT molecular complexity index is 369. The molecule has 0 bridgehead atoms. The molecule has 21 heavy (non-hydrogen) atoms. The van der Waals surface area contributed by atoms with E-state index < -0.39 is 5.97 Å². The zero-order valence-electron chi connectivity index (χ0n) is 13.1. The first-order chi connectivity index (χ1) is 10.1. The van der Waals surface area contributed by atoms with Crippen molar-refractivity contribution in [2.45, 2.75) is 51.9 Å². The molecule has 1 unspecified atom stereocenters. The van der Waals surface area contributed by atoms with Gasteiger partial charge in [0.25, 0.3) is 0 Å². The number of piperidine rings is 1. The van der Waals surface area contributed by atoms with Gasteiger partial charge in [0, 0.05) is 32.6 Å². The first-order valence-electron chi connectivity index (χ1n) is 8.35. The maximum Gasteiger partial charge on any atom is 0.320 e. The Hall–Kier alpha value is -1.26. The van der Waals surface area contributed by atoms with Gasteiger partial charge in [-0.2, -0.15) is 0 Å². The van der Waals surface area contributed by atoms with Crippen LogP contribution in [-0.2, 0) is 4.79 Å². The van der Waals surface area contributed by atoms with Crippen molar-refractivity contribution in [3.63, 3.8) is 0 Å². The molecule has 1 aliphatic carbocycles. The van der Waals surface area contributed by atoms with Crippen LogP contribution >= 0.6 is 0 Å². The molecular formula is C16H28N2O3. The summed E-state index contributed by atoms with van der Waals surface area (Å²) in [5.41, 5.74) is 0. The number of likely N-dealkylation sites (tertiary alicyclic amines) is 1. The van der Waals surface area contributed by atoms with E-state index in [2.05, 4.69) is 6.92 Å². The second-order valence-corrected chi connectivity index (χ2v) is 6.56. The molecule has 1 aliphatic heterocycles. The van der Waals surface area contributed by atoms with Crippen molar-refractivity contribution < 1.29 is 14.7 Å². The van der Waals surface area contributed by atoms with Crippen LogP contribution in [0.4, 0.5) is 4.79 Å². The molecule has 1 saturated heterocycles. The van der Waals surface area contributed by atoms with E-state index in [4.69, 9.17) is 5.11 Å². The van der Waals surface area contributed by atoms with Crippen LogP contribution in [0.3, 0.4) is 0 Å². The summed E-state index contributed by atoms with van der Waals surface area (Å²) >= 11 is 0. The van der Waals surface area contributed by atoms with Crippen molar-refractivity contribution in [3.8, 4) is 0 Å². The minimum Gasteiger partial charge on any atom is -0.481 e. The number of rotatable bonds is 7. The molecule has 2 amide bonds. The number of nitrogens with zero attached hydrogens (tertiary/aromatic N) is 2. The summed E-state index contributed by atoms with van der Waals surface area (Å²) in [6.07, 6.45) is 6.47. The maximum absolute atomic E-state index is 12.7. The first kappa shape index (κ1) is 16.1. The lowest BCUT2D eigenvalue weighted by Crippen LogP contribution is -2.48. The van der Waals surface area contributed by atoms with Gasteiger partial charge in [-0.25, -0.2) is 4.79 Å². The van der Waals surface area contributed by atoms with Crippen molar-refractivity contribution >= 4 is 12.0 Å². The van der Waals surface area contributed by atoms with Gasteiger partial charge in [-0.05, 0) is 50.4 Å². The van der Waals surface area contributed by atoms with Crippen LogP contribution in [0, 0.1) is 11.8 Å². The van der Waals surface area contributed by atoms with E-state index in [9.17, 15) is 9.59 Å². The Balaban J connectivity index is 1.85. The second-order valence-electron chi connectivity index (χ2n) is 6.56. The first-order valence-corrected chi connectivity index (χ1v) is 8.35. The summed E-state index contributed by atoms with van der Waals surface area (Å²) < 4.78 is 0. The molecule has 1 heterocycles. The summed E-state index contributed by atoms with van der Waals surface area (Å²) in [5.74, 6) is 0.330. The van der Waals surface area contributed by atoms with Crippen molar-refractivity contribution in [2.24, 2.45) is 11.8 Å². The van der Waals surface area contributed by atoms with Crippen LogP contribution in [0.25, 0.3) is 0 Å². The second kappa shape index (κ2) is 7.66. The number of hydrogen-bond acceptors (Lipinski definition) is 2. The fourth-order valence-corrected chi connectivity index (χ4v) is 3.15. The molecule has 0 spiro atoms. The number of urea groups is 1. The van der Waals surface area contributed by atoms with E-state index in [-0.39, 0.29) is 12.5 Å². The molecule has 0 aromatic heterocycles. The number of carboxylic acid groups (broad SMARTS) is 1. The summed E-state index contributed by atoms with van der Waals surface area (Å²) in [7, 11) is 0. The van der Waals surface area contributed by atoms with E-state index >= 15 is 0 Å². The Morgan fingerprint density at radius 2 is 2.00 bits per heavy atom. The van der Waals surface area contributed by atoms with Crippen LogP contribution in [0.5, 0.6) is 0 Å². The molecule has 120 valence electrons. The largest absolute Gasteiger partial charge is 0.481 e. The molecule has 2 fully saturated rings. The highest BCUT2D eigenvalue weighted by Crippen LogP contribution is 2.30. The highest BCUT2D eigenvalue weighted by Gasteiger charge is 2.31. The summed E-state index contributed by atoms with van der Waals surface area (Å²) in [6.45, 7) is 5.41. The lowest BCUT2D eigenvalue weighted by atomic mass is 9.93. The van der Waals surface area contributed by atoms with Gasteiger partial charge in [0.05, 0.1) is 0 Å². The average Bonchev–Trinajstić information content (AvgIpc) is 3.28. The Morgan fingerprint density at radius 3 is 2.62 bits per heavy atom. The summed E-state index contributed by atoms with van der Waals surface area (Å²) in [5, 5.41) is 8.79. The van der Waals surface area contributed by atoms with E-state index in [1.165, 1.54) is 12.8 Å². The third-order valence-electron chi connectivity index (χ3n) is 4.50. The van der Waals surface area contributed by atoms with E-state index in [0.717, 1.165) is 45.4 Å². The standard InChI is InChI=1S/C16H28N2O3/c1-2-9-17(12-14-5-6-14)16(21)18-10-3-4-13(11-18)7-8-15(19)20/h13-14H,2-12H2,1H3,(H,19,20). The zero-order chi connectivity index (χ0) is 15.2. The monoisotopic (exact) mass is 296 g/mol. The number of aliphatic carboxylic acids is 1. The van der Waals surface area contributed by atoms with Crippen molar-refractivity contribution in [1.82, 2.24) is 9.80 Å². The highest BCUT2D eigenvalue weighted by molar-refractivity contribution is 5.74. The molecule has 5 nitrogen and oxygen atoms in total. The van der Waals surface area contributed by atoms with Gasteiger partial charge in [0.1, 0.15) is 0 Å². The lowest BCUT2D eigenvalue weighted by molar-refractivity contribution is -0.137. The van der Waals surface area contributed by atoms with Crippen molar-refractivity contribution in [3.05, 3.63) is 0 Å². The zero-order valence-corrected chi connectivity index (χ0v) is 13.1. The molecule has 1 atom stereocenters. The van der Waals surface area contributed by atoms with Gasteiger partial charge >= 0.3 is 12.0 Å². The third-order valence-corrected chi connectivity index (χ3v) is 4.50. The molecule has 5 heteroatoms. The number of hydrogen-bond donors (Lipinski definition) is 1. The highest BCUT2D eigenvalue weighted by atomic mass is 16.4. The molecule has 1 saturated carbocycles. The topological polar surface area (TPSA) is 60.9 Å². The number of carbonyl (C=O) groups excluding carboxylic acids is 1. The number of carbonyl (C=O) groups is 2. The normalized spacial score (nSPS) is 22.1. The summed E-state index contributed by atoms with van der Waals surface area (Å²) in [6, 6.07) is 0.170. The van der Waals surface area contributed by atoms with Gasteiger partial charge in [-0.1, -0.05) is 6.92 Å². The summed E-state index contributed by atoms with van der Waals surface area (Å²) in [4.78, 5) is 27.3. The Morgan fingerprint density at radius 1 is 1.24 bits per heavy atom. The van der Waals surface area contributed by atoms with Gasteiger partial charge in [0.2, 0.25) is 0 Å². The minimum atomic E-state index is -0.736. The Labute approximate surface area is 127 Å². The average molecular weight is 296 g/mol. The van der Waals surface area contributed by atoms with Gasteiger partial charge in [-0.3, -0.25) is 4.79 Å². The number of amides is 2. The van der Waals surface area contributed by atoms with Crippen LogP contribution in [0.1, 0.15) is 51.9 Å².